The minimum atomic E-state index is -3.80. The molecule has 0 fully saturated rings. The summed E-state index contributed by atoms with van der Waals surface area (Å²) in [6.07, 6.45) is 1.46. The van der Waals surface area contributed by atoms with Crippen LogP contribution in [0.5, 0.6) is 5.75 Å². The molecule has 128 valence electrons. The van der Waals surface area contributed by atoms with Crippen LogP contribution in [0.15, 0.2) is 52.5 Å². The van der Waals surface area contributed by atoms with Crippen LogP contribution in [0, 0.1) is 6.92 Å². The number of aryl methyl sites for hydroxylation is 1. The first-order chi connectivity index (χ1) is 11.3. The molecule has 0 aromatic heterocycles. The maximum absolute atomic E-state index is 12.4. The molecule has 24 heavy (non-hydrogen) atoms. The molecule has 0 amide bonds. The summed E-state index contributed by atoms with van der Waals surface area (Å²) in [5.41, 5.74) is 2.66. The van der Waals surface area contributed by atoms with Crippen molar-refractivity contribution in [2.24, 2.45) is 5.10 Å². The van der Waals surface area contributed by atoms with Crippen LogP contribution in [0.2, 0.25) is 0 Å². The number of benzene rings is 2. The van der Waals surface area contributed by atoms with Gasteiger partial charge in [0.05, 0.1) is 13.3 Å². The topological polar surface area (TPSA) is 71.0 Å². The van der Waals surface area contributed by atoms with E-state index in [4.69, 9.17) is 4.74 Å². The number of sulfonamides is 1. The summed E-state index contributed by atoms with van der Waals surface area (Å²) in [7, 11) is 1.53. The fraction of sp³-hybridized carbons (Fsp3) is 0.235. The highest BCUT2D eigenvalue weighted by molar-refractivity contribution is 7.89. The van der Waals surface area contributed by atoms with E-state index < -0.39 is 10.0 Å². The van der Waals surface area contributed by atoms with Crippen molar-refractivity contribution < 1.29 is 13.2 Å². The molecular weight excluding hydrogens is 326 g/mol. The predicted molar refractivity (Wildman–Crippen MR) is 96.4 cm³/mol. The van der Waals surface area contributed by atoms with Crippen molar-refractivity contribution in [3.8, 4) is 5.75 Å². The Bertz CT molecular complexity index is 829. The summed E-state index contributed by atoms with van der Waals surface area (Å²) in [4.78, 5) is 4.25. The van der Waals surface area contributed by atoms with Gasteiger partial charge in [0.25, 0.3) is 10.0 Å². The van der Waals surface area contributed by atoms with Gasteiger partial charge in [0.1, 0.15) is 10.6 Å². The highest BCUT2D eigenvalue weighted by Gasteiger charge is 2.18. The molecule has 0 aliphatic heterocycles. The van der Waals surface area contributed by atoms with Crippen molar-refractivity contribution in [2.45, 2.75) is 11.8 Å². The number of methoxy groups -OCH3 is 1. The molecule has 0 saturated carbocycles. The average Bonchev–Trinajstić information content (AvgIpc) is 2.55. The lowest BCUT2D eigenvalue weighted by Crippen LogP contribution is -2.19. The van der Waals surface area contributed by atoms with E-state index in [0.717, 1.165) is 16.8 Å². The largest absolute Gasteiger partial charge is 0.495 e. The van der Waals surface area contributed by atoms with E-state index in [9.17, 15) is 8.42 Å². The number of hydrogen-bond donors (Lipinski definition) is 1. The van der Waals surface area contributed by atoms with Gasteiger partial charge in [-0.15, -0.1) is 0 Å². The van der Waals surface area contributed by atoms with E-state index in [1.807, 2.05) is 50.2 Å². The van der Waals surface area contributed by atoms with E-state index in [-0.39, 0.29) is 10.6 Å². The Kier molecular flexibility index (Phi) is 5.46. The Hall–Kier alpha value is -2.54. The molecule has 2 rings (SSSR count). The van der Waals surface area contributed by atoms with Crippen LogP contribution in [0.3, 0.4) is 0 Å². The van der Waals surface area contributed by atoms with Crippen LogP contribution in [0.1, 0.15) is 11.1 Å². The van der Waals surface area contributed by atoms with E-state index >= 15 is 0 Å². The number of rotatable bonds is 6. The van der Waals surface area contributed by atoms with Crippen molar-refractivity contribution >= 4 is 21.9 Å². The smallest absolute Gasteiger partial charge is 0.280 e. The molecule has 0 bridgehead atoms. The monoisotopic (exact) mass is 347 g/mol. The average molecular weight is 347 g/mol. The molecule has 0 unspecified atom stereocenters. The van der Waals surface area contributed by atoms with Gasteiger partial charge in [-0.2, -0.15) is 18.4 Å². The summed E-state index contributed by atoms with van der Waals surface area (Å²) < 4.78 is 29.9. The molecule has 0 atom stereocenters. The molecule has 0 heterocycles. The Morgan fingerprint density at radius 3 is 2.38 bits per heavy atom. The van der Waals surface area contributed by atoms with E-state index in [2.05, 4.69) is 9.93 Å². The van der Waals surface area contributed by atoms with Crippen molar-refractivity contribution in [1.29, 1.82) is 0 Å². The summed E-state index contributed by atoms with van der Waals surface area (Å²) in [5, 5.41) is 3.84. The van der Waals surface area contributed by atoms with Gasteiger partial charge in [0.15, 0.2) is 0 Å². The molecule has 2 aromatic rings. The number of anilines is 1. The van der Waals surface area contributed by atoms with E-state index in [1.54, 1.807) is 18.2 Å². The van der Waals surface area contributed by atoms with Gasteiger partial charge in [-0.05, 0) is 42.3 Å². The molecule has 0 saturated heterocycles. The van der Waals surface area contributed by atoms with Crippen molar-refractivity contribution in [3.05, 3.63) is 53.6 Å². The number of hydrogen-bond acceptors (Lipinski definition) is 5. The maximum atomic E-state index is 12.4. The molecule has 2 aromatic carbocycles. The minimum Gasteiger partial charge on any atom is -0.495 e. The molecule has 0 spiro atoms. The normalized spacial score (nSPS) is 11.5. The first-order valence-corrected chi connectivity index (χ1v) is 8.79. The lowest BCUT2D eigenvalue weighted by atomic mass is 10.2. The highest BCUT2D eigenvalue weighted by atomic mass is 32.2. The van der Waals surface area contributed by atoms with Gasteiger partial charge in [-0.25, -0.2) is 0 Å². The zero-order chi connectivity index (χ0) is 17.7. The first kappa shape index (κ1) is 17.8. The second kappa shape index (κ2) is 7.35. The molecule has 0 radical (unpaired) electrons. The summed E-state index contributed by atoms with van der Waals surface area (Å²) in [6.45, 7) is 1.81. The van der Waals surface area contributed by atoms with Crippen molar-refractivity contribution in [3.63, 3.8) is 0 Å². The number of nitrogens with zero attached hydrogens (tertiary/aromatic N) is 2. The fourth-order valence-electron chi connectivity index (χ4n) is 2.07. The quantitative estimate of drug-likeness (QED) is 0.643. The van der Waals surface area contributed by atoms with Crippen LogP contribution in [0.4, 0.5) is 5.69 Å². The Morgan fingerprint density at radius 1 is 1.12 bits per heavy atom. The predicted octanol–water partition coefficient (Wildman–Crippen LogP) is 2.38. The van der Waals surface area contributed by atoms with Gasteiger partial charge in [0.2, 0.25) is 0 Å². The third-order valence-corrected chi connectivity index (χ3v) is 4.65. The fourth-order valence-corrected chi connectivity index (χ4v) is 3.12. The lowest BCUT2D eigenvalue weighted by Gasteiger charge is -2.11. The molecule has 7 heteroatoms. The van der Waals surface area contributed by atoms with Crippen LogP contribution >= 0.6 is 0 Å². The number of hydrazone groups is 1. The van der Waals surface area contributed by atoms with Gasteiger partial charge < -0.3 is 9.64 Å². The van der Waals surface area contributed by atoms with Crippen molar-refractivity contribution in [2.75, 3.05) is 26.1 Å². The Morgan fingerprint density at radius 2 is 1.79 bits per heavy atom. The van der Waals surface area contributed by atoms with Crippen LogP contribution in [-0.4, -0.2) is 35.8 Å². The van der Waals surface area contributed by atoms with Gasteiger partial charge in [-0.1, -0.05) is 18.2 Å². The Balaban J connectivity index is 2.16. The SMILES string of the molecule is COc1ccc(C)cc1S(=O)(=O)N/N=C/c1ccc(N(C)C)cc1. The van der Waals surface area contributed by atoms with E-state index in [1.165, 1.54) is 13.3 Å². The molecule has 0 aliphatic rings. The zero-order valence-electron chi connectivity index (χ0n) is 14.1. The van der Waals surface area contributed by atoms with Gasteiger partial charge in [0, 0.05) is 19.8 Å². The summed E-state index contributed by atoms with van der Waals surface area (Å²) >= 11 is 0. The van der Waals surface area contributed by atoms with Gasteiger partial charge >= 0.3 is 0 Å². The second-order valence-electron chi connectivity index (χ2n) is 5.49. The van der Waals surface area contributed by atoms with Crippen LogP contribution < -0.4 is 14.5 Å². The first-order valence-electron chi connectivity index (χ1n) is 7.30. The highest BCUT2D eigenvalue weighted by Crippen LogP contribution is 2.24. The van der Waals surface area contributed by atoms with Crippen LogP contribution in [0.25, 0.3) is 0 Å². The number of nitrogens with one attached hydrogen (secondary N) is 1. The van der Waals surface area contributed by atoms with Gasteiger partial charge in [-0.3, -0.25) is 0 Å². The molecule has 0 aliphatic carbocycles. The molecule has 1 N–H and O–H groups in total. The third kappa shape index (κ3) is 4.26. The third-order valence-electron chi connectivity index (χ3n) is 3.40. The van der Waals surface area contributed by atoms with Crippen molar-refractivity contribution in [1.82, 2.24) is 4.83 Å². The number of ether oxygens (including phenoxy) is 1. The Labute approximate surface area is 142 Å². The zero-order valence-corrected chi connectivity index (χ0v) is 15.0. The van der Waals surface area contributed by atoms with E-state index in [0.29, 0.717) is 0 Å². The summed E-state index contributed by atoms with van der Waals surface area (Å²) in [6, 6.07) is 12.5. The second-order valence-corrected chi connectivity index (χ2v) is 7.12. The molecular formula is C17H21N3O3S. The minimum absolute atomic E-state index is 0.0603. The van der Waals surface area contributed by atoms with Crippen LogP contribution in [-0.2, 0) is 10.0 Å². The molecule has 6 nitrogen and oxygen atoms in total. The maximum Gasteiger partial charge on any atom is 0.280 e. The lowest BCUT2D eigenvalue weighted by molar-refractivity contribution is 0.402. The standard InChI is InChI=1S/C17H21N3O3S/c1-13-5-10-16(23-4)17(11-13)24(21,22)19-18-12-14-6-8-15(9-7-14)20(2)3/h5-12,19H,1-4H3/b18-12+. The summed E-state index contributed by atoms with van der Waals surface area (Å²) in [5.74, 6) is 0.277.